The van der Waals surface area contributed by atoms with E-state index in [1.807, 2.05) is 11.0 Å². The fraction of sp³-hybridized carbons (Fsp3) is 0.500. The van der Waals surface area contributed by atoms with Crippen LogP contribution in [0.4, 0.5) is 0 Å². The fourth-order valence-electron chi connectivity index (χ4n) is 1.68. The van der Waals surface area contributed by atoms with Crippen LogP contribution < -0.4 is 0 Å². The predicted molar refractivity (Wildman–Crippen MR) is 61.2 cm³/mol. The number of carbonyl (C=O) groups is 1. The Morgan fingerprint density at radius 2 is 2.00 bits per heavy atom. The number of piperidine rings is 1. The summed E-state index contributed by atoms with van der Waals surface area (Å²) in [6, 6.07) is 3.57. The van der Waals surface area contributed by atoms with Gasteiger partial charge in [-0.25, -0.2) is 0 Å². The molecule has 76 valence electrons. The maximum atomic E-state index is 11.8. The van der Waals surface area contributed by atoms with E-state index in [9.17, 15) is 4.79 Å². The molecule has 0 bridgehead atoms. The molecule has 1 saturated heterocycles. The van der Waals surface area contributed by atoms with Gasteiger partial charge in [-0.05, 0) is 54.0 Å². The molecule has 1 aliphatic heterocycles. The van der Waals surface area contributed by atoms with Gasteiger partial charge in [-0.15, -0.1) is 0 Å². The molecule has 0 spiro atoms. The summed E-state index contributed by atoms with van der Waals surface area (Å²) in [6.45, 7) is 1.74. The molecule has 3 nitrogen and oxygen atoms in total. The predicted octanol–water partition coefficient (Wildman–Crippen LogP) is 2.51. The summed E-state index contributed by atoms with van der Waals surface area (Å²) in [5.41, 5.74) is 0. The third kappa shape index (κ3) is 2.10. The van der Waals surface area contributed by atoms with Crippen LogP contribution in [0.2, 0.25) is 0 Å². The number of rotatable bonds is 1. The van der Waals surface area contributed by atoms with Crippen molar-refractivity contribution in [2.24, 2.45) is 0 Å². The molecule has 1 fully saturated rings. The highest BCUT2D eigenvalue weighted by atomic mass is 127. The lowest BCUT2D eigenvalue weighted by Gasteiger charge is -2.25. The zero-order valence-electron chi connectivity index (χ0n) is 7.83. The number of amides is 1. The highest BCUT2D eigenvalue weighted by molar-refractivity contribution is 14.1. The Labute approximate surface area is 96.6 Å². The molecule has 0 atom stereocenters. The van der Waals surface area contributed by atoms with E-state index < -0.39 is 0 Å². The van der Waals surface area contributed by atoms with Crippen LogP contribution in [0, 0.1) is 3.77 Å². The number of furan rings is 1. The lowest BCUT2D eigenvalue weighted by atomic mass is 10.1. The Kier molecular flexibility index (Phi) is 3.10. The highest BCUT2D eigenvalue weighted by Crippen LogP contribution is 2.16. The van der Waals surface area contributed by atoms with Gasteiger partial charge in [-0.1, -0.05) is 0 Å². The van der Waals surface area contributed by atoms with Gasteiger partial charge in [0.15, 0.2) is 9.53 Å². The van der Waals surface area contributed by atoms with Crippen LogP contribution in [0.1, 0.15) is 29.8 Å². The van der Waals surface area contributed by atoms with E-state index >= 15 is 0 Å². The topological polar surface area (TPSA) is 33.5 Å². The molecule has 0 aliphatic carbocycles. The van der Waals surface area contributed by atoms with Gasteiger partial charge in [0.05, 0.1) is 0 Å². The first kappa shape index (κ1) is 10.0. The van der Waals surface area contributed by atoms with Crippen molar-refractivity contribution in [3.8, 4) is 0 Å². The van der Waals surface area contributed by atoms with Crippen LogP contribution in [0.5, 0.6) is 0 Å². The van der Waals surface area contributed by atoms with Crippen molar-refractivity contribution in [2.75, 3.05) is 13.1 Å². The van der Waals surface area contributed by atoms with Crippen molar-refractivity contribution in [1.29, 1.82) is 0 Å². The number of hydrogen-bond acceptors (Lipinski definition) is 2. The summed E-state index contributed by atoms with van der Waals surface area (Å²) in [5.74, 6) is 0.504. The molecular formula is C10H12INO2. The zero-order chi connectivity index (χ0) is 9.97. The van der Waals surface area contributed by atoms with Crippen molar-refractivity contribution in [2.45, 2.75) is 19.3 Å². The summed E-state index contributed by atoms with van der Waals surface area (Å²) in [6.07, 6.45) is 3.46. The smallest absolute Gasteiger partial charge is 0.289 e. The first-order valence-electron chi connectivity index (χ1n) is 4.82. The summed E-state index contributed by atoms with van der Waals surface area (Å²) >= 11 is 2.07. The number of carbonyl (C=O) groups excluding carboxylic acids is 1. The Hall–Kier alpha value is -0.520. The minimum Gasteiger partial charge on any atom is -0.445 e. The molecule has 1 amide bonds. The van der Waals surface area contributed by atoms with E-state index in [4.69, 9.17) is 4.42 Å². The quantitative estimate of drug-likeness (QED) is 0.747. The first-order valence-corrected chi connectivity index (χ1v) is 5.90. The highest BCUT2D eigenvalue weighted by Gasteiger charge is 2.20. The first-order chi connectivity index (χ1) is 6.77. The second-order valence-electron chi connectivity index (χ2n) is 3.46. The number of nitrogens with zero attached hydrogens (tertiary/aromatic N) is 1. The molecule has 1 aliphatic rings. The lowest BCUT2D eigenvalue weighted by molar-refractivity contribution is 0.0690. The van der Waals surface area contributed by atoms with Crippen molar-refractivity contribution >= 4 is 28.5 Å². The van der Waals surface area contributed by atoms with E-state index in [1.54, 1.807) is 6.07 Å². The summed E-state index contributed by atoms with van der Waals surface area (Å²) < 4.78 is 6.06. The van der Waals surface area contributed by atoms with Crippen molar-refractivity contribution < 1.29 is 9.21 Å². The molecule has 2 rings (SSSR count). The zero-order valence-corrected chi connectivity index (χ0v) is 9.99. The standard InChI is InChI=1S/C10H12INO2/c11-9-5-4-8(14-9)10(13)12-6-2-1-3-7-12/h4-5H,1-3,6-7H2. The number of likely N-dealkylation sites (tertiary alicyclic amines) is 1. The second kappa shape index (κ2) is 4.33. The number of halogens is 1. The van der Waals surface area contributed by atoms with Crippen LogP contribution >= 0.6 is 22.6 Å². The Bertz CT molecular complexity index is 329. The summed E-state index contributed by atoms with van der Waals surface area (Å²) in [7, 11) is 0. The Morgan fingerprint density at radius 1 is 1.29 bits per heavy atom. The average molecular weight is 305 g/mol. The van der Waals surface area contributed by atoms with Crippen LogP contribution in [-0.4, -0.2) is 23.9 Å². The van der Waals surface area contributed by atoms with Gasteiger partial charge in [-0.3, -0.25) is 4.79 Å². The van der Waals surface area contributed by atoms with E-state index in [0.717, 1.165) is 29.7 Å². The lowest BCUT2D eigenvalue weighted by Crippen LogP contribution is -2.35. The second-order valence-corrected chi connectivity index (χ2v) is 4.52. The largest absolute Gasteiger partial charge is 0.445 e. The molecule has 4 heteroatoms. The summed E-state index contributed by atoms with van der Waals surface area (Å²) in [4.78, 5) is 13.7. The minimum atomic E-state index is 0.0348. The van der Waals surface area contributed by atoms with Gasteiger partial charge < -0.3 is 9.32 Å². The van der Waals surface area contributed by atoms with Crippen LogP contribution in [0.3, 0.4) is 0 Å². The number of hydrogen-bond donors (Lipinski definition) is 0. The maximum Gasteiger partial charge on any atom is 0.289 e. The van der Waals surface area contributed by atoms with E-state index in [-0.39, 0.29) is 5.91 Å². The van der Waals surface area contributed by atoms with Crippen LogP contribution in [0.25, 0.3) is 0 Å². The molecule has 2 heterocycles. The average Bonchev–Trinajstić information content (AvgIpc) is 2.65. The van der Waals surface area contributed by atoms with Crippen molar-refractivity contribution in [1.82, 2.24) is 4.90 Å². The van der Waals surface area contributed by atoms with Gasteiger partial charge in [0.1, 0.15) is 0 Å². The molecular weight excluding hydrogens is 293 g/mol. The Balaban J connectivity index is 2.07. The molecule has 0 radical (unpaired) electrons. The molecule has 1 aromatic heterocycles. The third-order valence-electron chi connectivity index (χ3n) is 2.43. The molecule has 0 N–H and O–H groups in total. The maximum absolute atomic E-state index is 11.8. The Morgan fingerprint density at radius 3 is 2.57 bits per heavy atom. The van der Waals surface area contributed by atoms with Gasteiger partial charge in [0.25, 0.3) is 5.91 Å². The van der Waals surface area contributed by atoms with E-state index in [0.29, 0.717) is 5.76 Å². The van der Waals surface area contributed by atoms with Crippen molar-refractivity contribution in [3.63, 3.8) is 0 Å². The van der Waals surface area contributed by atoms with Crippen LogP contribution in [0.15, 0.2) is 16.5 Å². The van der Waals surface area contributed by atoms with E-state index in [1.165, 1.54) is 6.42 Å². The monoisotopic (exact) mass is 305 g/mol. The normalized spacial score (nSPS) is 17.1. The van der Waals surface area contributed by atoms with Gasteiger partial charge in [0, 0.05) is 13.1 Å². The van der Waals surface area contributed by atoms with Gasteiger partial charge >= 0.3 is 0 Å². The molecule has 0 unspecified atom stereocenters. The molecule has 0 aromatic carbocycles. The molecule has 14 heavy (non-hydrogen) atoms. The van der Waals surface area contributed by atoms with Gasteiger partial charge in [0.2, 0.25) is 0 Å². The third-order valence-corrected chi connectivity index (χ3v) is 3.01. The van der Waals surface area contributed by atoms with Gasteiger partial charge in [-0.2, -0.15) is 0 Å². The SMILES string of the molecule is O=C(c1ccc(I)o1)N1CCCCC1. The van der Waals surface area contributed by atoms with Crippen LogP contribution in [-0.2, 0) is 0 Å². The fourth-order valence-corrected chi connectivity index (χ4v) is 2.10. The molecule has 0 saturated carbocycles. The van der Waals surface area contributed by atoms with Crippen molar-refractivity contribution in [3.05, 3.63) is 21.7 Å². The minimum absolute atomic E-state index is 0.0348. The van der Waals surface area contributed by atoms with E-state index in [2.05, 4.69) is 22.6 Å². The molecule has 1 aromatic rings. The summed E-state index contributed by atoms with van der Waals surface area (Å²) in [5, 5.41) is 0.